The molecule has 0 atom stereocenters. The molecule has 3 N–H and O–H groups in total. The molecule has 9 heteroatoms. The van der Waals surface area contributed by atoms with E-state index >= 15 is 0 Å². The molecular formula is C10H15N3O3S3. The first kappa shape index (κ1) is 16.3. The van der Waals surface area contributed by atoms with Gasteiger partial charge in [0.2, 0.25) is 15.9 Å². The molecule has 0 aromatic carbocycles. The van der Waals surface area contributed by atoms with Crippen molar-refractivity contribution in [2.45, 2.75) is 11.4 Å². The highest BCUT2D eigenvalue weighted by Crippen LogP contribution is 2.29. The molecule has 0 saturated heterocycles. The number of carbonyl (C=O) groups is 1. The number of nitrogens with zero attached hydrogens (tertiary/aromatic N) is 1. The molecule has 0 bridgehead atoms. The standard InChI is InChI=1S/C10H15N3O3S3/c11-19(15,16)8-6-12-9(14)4-7-17-18-10-3-1-2-5-13-10/h1-3,5H,4,6-8H2,(H,12,14)(H2,11,15,16). The van der Waals surface area contributed by atoms with Crippen LogP contribution >= 0.6 is 21.6 Å². The Kier molecular flexibility index (Phi) is 7.21. The van der Waals surface area contributed by atoms with Crippen LogP contribution in [0.1, 0.15) is 6.42 Å². The van der Waals surface area contributed by atoms with Crippen molar-refractivity contribution >= 4 is 37.5 Å². The lowest BCUT2D eigenvalue weighted by Gasteiger charge is -2.03. The average Bonchev–Trinajstić information content (AvgIpc) is 2.34. The van der Waals surface area contributed by atoms with E-state index in [2.05, 4.69) is 10.3 Å². The zero-order valence-corrected chi connectivity index (χ0v) is 12.6. The third kappa shape index (κ3) is 8.87. The summed E-state index contributed by atoms with van der Waals surface area (Å²) < 4.78 is 21.3. The van der Waals surface area contributed by atoms with E-state index in [0.29, 0.717) is 12.2 Å². The van der Waals surface area contributed by atoms with Crippen LogP contribution in [0.3, 0.4) is 0 Å². The second kappa shape index (κ2) is 8.41. The number of rotatable bonds is 8. The van der Waals surface area contributed by atoms with E-state index in [4.69, 9.17) is 5.14 Å². The fraction of sp³-hybridized carbons (Fsp3) is 0.400. The van der Waals surface area contributed by atoms with Gasteiger partial charge < -0.3 is 5.32 Å². The molecule has 1 rings (SSSR count). The normalized spacial score (nSPS) is 11.2. The number of hydrogen-bond acceptors (Lipinski definition) is 6. The number of carbonyl (C=O) groups excluding carboxylic acids is 1. The number of nitrogens with one attached hydrogen (secondary N) is 1. The van der Waals surface area contributed by atoms with Gasteiger partial charge in [0.15, 0.2) is 0 Å². The van der Waals surface area contributed by atoms with E-state index in [1.54, 1.807) is 6.20 Å². The molecule has 0 spiro atoms. The van der Waals surface area contributed by atoms with E-state index in [0.717, 1.165) is 5.03 Å². The van der Waals surface area contributed by atoms with Gasteiger partial charge in [-0.1, -0.05) is 16.9 Å². The lowest BCUT2D eigenvalue weighted by atomic mass is 10.4. The van der Waals surface area contributed by atoms with Crippen LogP contribution in [0.4, 0.5) is 0 Å². The predicted molar refractivity (Wildman–Crippen MR) is 78.2 cm³/mol. The number of nitrogens with two attached hydrogens (primary N) is 1. The van der Waals surface area contributed by atoms with Crippen LogP contribution in [0, 0.1) is 0 Å². The van der Waals surface area contributed by atoms with E-state index in [9.17, 15) is 13.2 Å². The largest absolute Gasteiger partial charge is 0.355 e. The Hall–Kier alpha value is -0.770. The van der Waals surface area contributed by atoms with Crippen LogP contribution < -0.4 is 10.5 Å². The Morgan fingerprint density at radius 3 is 2.84 bits per heavy atom. The van der Waals surface area contributed by atoms with Gasteiger partial charge in [-0.25, -0.2) is 18.5 Å². The lowest BCUT2D eigenvalue weighted by molar-refractivity contribution is -0.120. The van der Waals surface area contributed by atoms with E-state index in [1.165, 1.54) is 21.6 Å². The fourth-order valence-electron chi connectivity index (χ4n) is 1.05. The van der Waals surface area contributed by atoms with Crippen molar-refractivity contribution in [1.29, 1.82) is 0 Å². The average molecular weight is 321 g/mol. The van der Waals surface area contributed by atoms with Crippen molar-refractivity contribution in [2.75, 3.05) is 18.1 Å². The molecule has 0 radical (unpaired) electrons. The molecule has 106 valence electrons. The summed E-state index contributed by atoms with van der Waals surface area (Å²) in [5.74, 6) is 0.203. The maximum absolute atomic E-state index is 11.4. The Balaban J connectivity index is 2.08. The molecule has 1 heterocycles. The number of hydrogen-bond donors (Lipinski definition) is 2. The van der Waals surface area contributed by atoms with Crippen LogP contribution in [0.25, 0.3) is 0 Å². The summed E-state index contributed by atoms with van der Waals surface area (Å²) in [6.07, 6.45) is 2.04. The first-order valence-electron chi connectivity index (χ1n) is 5.45. The Bertz CT molecular complexity index is 493. The van der Waals surface area contributed by atoms with Crippen LogP contribution in [0.5, 0.6) is 0 Å². The van der Waals surface area contributed by atoms with Crippen molar-refractivity contribution in [2.24, 2.45) is 5.14 Å². The van der Waals surface area contributed by atoms with E-state index in [1.807, 2.05) is 18.2 Å². The van der Waals surface area contributed by atoms with E-state index in [-0.39, 0.29) is 18.2 Å². The second-order valence-electron chi connectivity index (χ2n) is 3.54. The SMILES string of the molecule is NS(=O)(=O)CCNC(=O)CCSSc1ccccn1. The fourth-order valence-corrected chi connectivity index (χ4v) is 3.31. The van der Waals surface area contributed by atoms with Crippen LogP contribution in [-0.2, 0) is 14.8 Å². The first-order chi connectivity index (χ1) is 8.97. The Morgan fingerprint density at radius 1 is 1.42 bits per heavy atom. The molecule has 0 fully saturated rings. The third-order valence-electron chi connectivity index (χ3n) is 1.90. The minimum Gasteiger partial charge on any atom is -0.355 e. The van der Waals surface area contributed by atoms with Crippen LogP contribution in [0.15, 0.2) is 29.4 Å². The second-order valence-corrected chi connectivity index (χ2v) is 7.71. The quantitative estimate of drug-likeness (QED) is 0.537. The molecule has 0 aliphatic carbocycles. The lowest BCUT2D eigenvalue weighted by Crippen LogP contribution is -2.31. The summed E-state index contributed by atoms with van der Waals surface area (Å²) >= 11 is 0. The zero-order chi connectivity index (χ0) is 14.1. The van der Waals surface area contributed by atoms with Crippen LogP contribution in [0.2, 0.25) is 0 Å². The monoisotopic (exact) mass is 321 g/mol. The molecule has 0 unspecified atom stereocenters. The summed E-state index contributed by atoms with van der Waals surface area (Å²) in [5.41, 5.74) is 0. The number of primary sulfonamides is 1. The minimum atomic E-state index is -3.51. The molecule has 1 amide bonds. The van der Waals surface area contributed by atoms with Gasteiger partial charge in [-0.15, -0.1) is 0 Å². The highest BCUT2D eigenvalue weighted by molar-refractivity contribution is 8.76. The van der Waals surface area contributed by atoms with Crippen molar-refractivity contribution in [3.05, 3.63) is 24.4 Å². The van der Waals surface area contributed by atoms with Gasteiger partial charge in [-0.05, 0) is 22.9 Å². The third-order valence-corrected chi connectivity index (χ3v) is 4.94. The summed E-state index contributed by atoms with van der Waals surface area (Å²) in [6.45, 7) is 0.0513. The molecule has 0 aliphatic rings. The van der Waals surface area contributed by atoms with Gasteiger partial charge >= 0.3 is 0 Å². The minimum absolute atomic E-state index is 0.0513. The van der Waals surface area contributed by atoms with Crippen molar-refractivity contribution < 1.29 is 13.2 Å². The van der Waals surface area contributed by atoms with Gasteiger partial charge in [0.05, 0.1) is 5.75 Å². The summed E-state index contributed by atoms with van der Waals surface area (Å²) in [4.78, 5) is 15.5. The smallest absolute Gasteiger partial charge is 0.220 e. The van der Waals surface area contributed by atoms with Gasteiger partial charge in [0.25, 0.3) is 0 Å². The molecular weight excluding hydrogens is 306 g/mol. The number of sulfonamides is 1. The molecule has 6 nitrogen and oxygen atoms in total. The number of aromatic nitrogens is 1. The van der Waals surface area contributed by atoms with Crippen LogP contribution in [-0.4, -0.2) is 37.4 Å². The highest BCUT2D eigenvalue weighted by Gasteiger charge is 2.05. The summed E-state index contributed by atoms with van der Waals surface area (Å²) in [6, 6.07) is 5.63. The summed E-state index contributed by atoms with van der Waals surface area (Å²) in [5, 5.41) is 8.21. The van der Waals surface area contributed by atoms with Crippen molar-refractivity contribution in [3.8, 4) is 0 Å². The van der Waals surface area contributed by atoms with Gasteiger partial charge in [-0.3, -0.25) is 4.79 Å². The van der Waals surface area contributed by atoms with E-state index < -0.39 is 10.0 Å². The van der Waals surface area contributed by atoms with Crippen molar-refractivity contribution in [3.63, 3.8) is 0 Å². The zero-order valence-electron chi connectivity index (χ0n) is 10.1. The van der Waals surface area contributed by atoms with Gasteiger partial charge in [0.1, 0.15) is 5.03 Å². The Morgan fingerprint density at radius 2 is 2.21 bits per heavy atom. The number of amides is 1. The maximum Gasteiger partial charge on any atom is 0.220 e. The maximum atomic E-state index is 11.4. The summed E-state index contributed by atoms with van der Waals surface area (Å²) in [7, 11) is -0.489. The van der Waals surface area contributed by atoms with Crippen molar-refractivity contribution in [1.82, 2.24) is 10.3 Å². The molecule has 19 heavy (non-hydrogen) atoms. The first-order valence-corrected chi connectivity index (χ1v) is 9.48. The van der Waals surface area contributed by atoms with Gasteiger partial charge in [0, 0.05) is 24.9 Å². The predicted octanol–water partition coefficient (Wildman–Crippen LogP) is 0.617. The topological polar surface area (TPSA) is 102 Å². The highest BCUT2D eigenvalue weighted by atomic mass is 33.1. The number of pyridine rings is 1. The van der Waals surface area contributed by atoms with Gasteiger partial charge in [-0.2, -0.15) is 0 Å². The Labute approximate surface area is 120 Å². The molecule has 1 aromatic rings. The molecule has 1 aromatic heterocycles. The molecule has 0 aliphatic heterocycles. The molecule has 0 saturated carbocycles.